The Hall–Kier alpha value is -2.26. The van der Waals surface area contributed by atoms with E-state index in [1.54, 1.807) is 18.2 Å². The van der Waals surface area contributed by atoms with Crippen LogP contribution in [0.1, 0.15) is 37.7 Å². The van der Waals surface area contributed by atoms with Gasteiger partial charge >= 0.3 is 6.18 Å². The van der Waals surface area contributed by atoms with E-state index >= 15 is 0 Å². The highest BCUT2D eigenvalue weighted by atomic mass is 32.2. The van der Waals surface area contributed by atoms with Crippen LogP contribution in [0.15, 0.2) is 53.4 Å². The summed E-state index contributed by atoms with van der Waals surface area (Å²) < 4.78 is 68.7. The second kappa shape index (κ2) is 9.26. The van der Waals surface area contributed by atoms with Crippen molar-refractivity contribution in [3.05, 3.63) is 54.1 Å². The second-order valence-electron chi connectivity index (χ2n) is 7.63. The van der Waals surface area contributed by atoms with Gasteiger partial charge in [0, 0.05) is 12.2 Å². The van der Waals surface area contributed by atoms with Crippen molar-refractivity contribution >= 4 is 21.4 Å². The number of rotatable bonds is 7. The molecule has 1 fully saturated rings. The monoisotopic (exact) mass is 441 g/mol. The van der Waals surface area contributed by atoms with Crippen LogP contribution < -0.4 is 15.8 Å². The highest BCUT2D eigenvalue weighted by Gasteiger charge is 2.44. The van der Waals surface area contributed by atoms with Gasteiger partial charge in [0.25, 0.3) is 10.0 Å². The average molecular weight is 442 g/mol. The van der Waals surface area contributed by atoms with Gasteiger partial charge in [0.1, 0.15) is 6.04 Å². The summed E-state index contributed by atoms with van der Waals surface area (Å²) in [5.41, 5.74) is 6.71. The summed E-state index contributed by atoms with van der Waals surface area (Å²) in [5.74, 6) is -0.461. The highest BCUT2D eigenvalue weighted by Crippen LogP contribution is 2.35. The number of halogens is 3. The fourth-order valence-electron chi connectivity index (χ4n) is 3.86. The van der Waals surface area contributed by atoms with Crippen molar-refractivity contribution in [1.82, 2.24) is 5.32 Å². The standard InChI is InChI=1S/C21H26F3N3O2S/c22-21(23,24)20(15-6-2-1-3-7-15)26-14-16-8-4-5-9-19(16)27-30(28,29)18-12-10-17(25)11-13-18/h4-5,8-13,15,20,26-27H,1-3,6-7,14,25H2. The Kier molecular flexibility index (Phi) is 6.92. The summed E-state index contributed by atoms with van der Waals surface area (Å²) >= 11 is 0. The SMILES string of the molecule is Nc1ccc(S(=O)(=O)Nc2ccccc2CNC(C2CCCCC2)C(F)(F)F)cc1. The van der Waals surface area contributed by atoms with Crippen LogP contribution in [0.25, 0.3) is 0 Å². The van der Waals surface area contributed by atoms with E-state index in [0.717, 1.165) is 19.3 Å². The molecule has 0 bridgehead atoms. The zero-order valence-corrected chi connectivity index (χ0v) is 17.3. The fourth-order valence-corrected chi connectivity index (χ4v) is 4.96. The maximum absolute atomic E-state index is 13.6. The third-order valence-corrected chi connectivity index (χ3v) is 6.82. The van der Waals surface area contributed by atoms with E-state index in [-0.39, 0.29) is 17.1 Å². The number of alkyl halides is 3. The summed E-state index contributed by atoms with van der Waals surface area (Å²) in [6.45, 7) is -0.0961. The van der Waals surface area contributed by atoms with Crippen molar-refractivity contribution in [3.8, 4) is 0 Å². The molecule has 2 aromatic carbocycles. The normalized spacial score (nSPS) is 16.9. The highest BCUT2D eigenvalue weighted by molar-refractivity contribution is 7.92. The van der Waals surface area contributed by atoms with Crippen LogP contribution in [0.3, 0.4) is 0 Å². The molecule has 5 nitrogen and oxygen atoms in total. The molecular formula is C21H26F3N3O2S. The minimum absolute atomic E-state index is 0.0230. The number of para-hydroxylation sites is 1. The average Bonchev–Trinajstić information content (AvgIpc) is 2.69. The van der Waals surface area contributed by atoms with Gasteiger partial charge in [0.05, 0.1) is 10.6 Å². The first kappa shape index (κ1) is 22.4. The lowest BCUT2D eigenvalue weighted by Crippen LogP contribution is -2.48. The van der Waals surface area contributed by atoms with Gasteiger partial charge in [-0.2, -0.15) is 13.2 Å². The molecule has 0 spiro atoms. The molecule has 164 valence electrons. The fraction of sp³-hybridized carbons (Fsp3) is 0.429. The van der Waals surface area contributed by atoms with Gasteiger partial charge in [0.15, 0.2) is 0 Å². The van der Waals surface area contributed by atoms with Crippen LogP contribution in [-0.4, -0.2) is 20.6 Å². The maximum Gasteiger partial charge on any atom is 0.404 e. The molecule has 0 aromatic heterocycles. The van der Waals surface area contributed by atoms with Gasteiger partial charge in [-0.25, -0.2) is 8.42 Å². The minimum Gasteiger partial charge on any atom is -0.399 e. The van der Waals surface area contributed by atoms with E-state index in [0.29, 0.717) is 24.1 Å². The lowest BCUT2D eigenvalue weighted by Gasteiger charge is -2.32. The van der Waals surface area contributed by atoms with Gasteiger partial charge in [-0.1, -0.05) is 37.5 Å². The van der Waals surface area contributed by atoms with Crippen LogP contribution in [0, 0.1) is 5.92 Å². The van der Waals surface area contributed by atoms with Gasteiger partial charge in [-0.05, 0) is 54.7 Å². The predicted octanol–water partition coefficient (Wildman–Crippen LogP) is 4.67. The van der Waals surface area contributed by atoms with Crippen molar-refractivity contribution in [1.29, 1.82) is 0 Å². The molecule has 2 aromatic rings. The van der Waals surface area contributed by atoms with E-state index in [1.807, 2.05) is 0 Å². The van der Waals surface area contributed by atoms with Gasteiger partial charge < -0.3 is 11.1 Å². The zero-order valence-electron chi connectivity index (χ0n) is 16.5. The molecule has 1 aliphatic carbocycles. The Morgan fingerprint density at radius 1 is 1.00 bits per heavy atom. The predicted molar refractivity (Wildman–Crippen MR) is 111 cm³/mol. The smallest absolute Gasteiger partial charge is 0.399 e. The molecular weight excluding hydrogens is 415 g/mol. The van der Waals surface area contributed by atoms with Crippen molar-refractivity contribution in [3.63, 3.8) is 0 Å². The number of anilines is 2. The number of sulfonamides is 1. The Bertz CT molecular complexity index is 941. The molecule has 0 saturated heterocycles. The number of hydrogen-bond donors (Lipinski definition) is 3. The Balaban J connectivity index is 1.76. The Labute approximate surface area is 174 Å². The van der Waals surface area contributed by atoms with Crippen LogP contribution in [0.2, 0.25) is 0 Å². The molecule has 4 N–H and O–H groups in total. The summed E-state index contributed by atoms with van der Waals surface area (Å²) in [5, 5.41) is 2.64. The first-order valence-electron chi connectivity index (χ1n) is 9.93. The third kappa shape index (κ3) is 5.66. The molecule has 0 radical (unpaired) electrons. The third-order valence-electron chi connectivity index (χ3n) is 5.44. The lowest BCUT2D eigenvalue weighted by molar-refractivity contribution is -0.170. The largest absolute Gasteiger partial charge is 0.404 e. The van der Waals surface area contributed by atoms with Crippen molar-refractivity contribution in [2.45, 2.75) is 55.8 Å². The van der Waals surface area contributed by atoms with Crippen molar-refractivity contribution < 1.29 is 21.6 Å². The molecule has 3 rings (SSSR count). The quantitative estimate of drug-likeness (QED) is 0.545. The molecule has 1 atom stereocenters. The second-order valence-corrected chi connectivity index (χ2v) is 9.31. The van der Waals surface area contributed by atoms with Gasteiger partial charge in [-0.3, -0.25) is 4.72 Å². The van der Waals surface area contributed by atoms with E-state index in [2.05, 4.69) is 10.0 Å². The lowest BCUT2D eigenvalue weighted by atomic mass is 9.83. The minimum atomic E-state index is -4.36. The number of hydrogen-bond acceptors (Lipinski definition) is 4. The maximum atomic E-state index is 13.6. The van der Waals surface area contributed by atoms with E-state index in [1.165, 1.54) is 30.3 Å². The molecule has 30 heavy (non-hydrogen) atoms. The summed E-state index contributed by atoms with van der Waals surface area (Å²) in [6, 6.07) is 10.5. The molecule has 0 amide bonds. The van der Waals surface area contributed by atoms with Crippen LogP contribution in [0.4, 0.5) is 24.5 Å². The van der Waals surface area contributed by atoms with Gasteiger partial charge in [0.2, 0.25) is 0 Å². The Morgan fingerprint density at radius 2 is 1.63 bits per heavy atom. The zero-order chi connectivity index (χ0) is 21.8. The molecule has 1 aliphatic rings. The molecule has 1 unspecified atom stereocenters. The van der Waals surface area contributed by atoms with E-state index in [4.69, 9.17) is 5.73 Å². The number of nitrogens with one attached hydrogen (secondary N) is 2. The summed E-state index contributed by atoms with van der Waals surface area (Å²) in [7, 11) is -3.90. The molecule has 1 saturated carbocycles. The van der Waals surface area contributed by atoms with Gasteiger partial charge in [-0.15, -0.1) is 0 Å². The van der Waals surface area contributed by atoms with Crippen LogP contribution >= 0.6 is 0 Å². The first-order chi connectivity index (χ1) is 14.2. The Morgan fingerprint density at radius 3 is 2.27 bits per heavy atom. The molecule has 9 heteroatoms. The molecule has 0 aliphatic heterocycles. The van der Waals surface area contributed by atoms with Crippen LogP contribution in [-0.2, 0) is 16.6 Å². The number of benzene rings is 2. The van der Waals surface area contributed by atoms with Crippen LogP contribution in [0.5, 0.6) is 0 Å². The first-order valence-corrected chi connectivity index (χ1v) is 11.4. The summed E-state index contributed by atoms with van der Waals surface area (Å²) in [6.07, 6.45) is -0.698. The number of nitrogen functional groups attached to an aromatic ring is 1. The van der Waals surface area contributed by atoms with Crippen molar-refractivity contribution in [2.75, 3.05) is 10.5 Å². The number of nitrogens with two attached hydrogens (primary N) is 1. The van der Waals surface area contributed by atoms with E-state index in [9.17, 15) is 21.6 Å². The summed E-state index contributed by atoms with van der Waals surface area (Å²) in [4.78, 5) is 0.0230. The van der Waals surface area contributed by atoms with Crippen molar-refractivity contribution in [2.24, 2.45) is 5.92 Å². The topological polar surface area (TPSA) is 84.2 Å². The van der Waals surface area contributed by atoms with E-state index < -0.39 is 28.2 Å². The molecule has 0 heterocycles.